The molecule has 5 rings (SSSR count). The third-order valence-corrected chi connectivity index (χ3v) is 6.16. The van der Waals surface area contributed by atoms with Crippen molar-refractivity contribution < 1.29 is 5.11 Å². The van der Waals surface area contributed by atoms with Gasteiger partial charge in [-0.2, -0.15) is 9.61 Å². The topological polar surface area (TPSA) is 79.4 Å². The number of aliphatic hydroxyl groups is 1. The first kappa shape index (κ1) is 23.4. The number of rotatable bonds is 4. The van der Waals surface area contributed by atoms with Crippen molar-refractivity contribution >= 4 is 34.8 Å². The van der Waals surface area contributed by atoms with Gasteiger partial charge in [0.05, 0.1) is 34.0 Å². The van der Waals surface area contributed by atoms with Gasteiger partial charge < -0.3 is 10.0 Å². The van der Waals surface area contributed by atoms with Crippen LogP contribution in [-0.2, 0) is 0 Å². The van der Waals surface area contributed by atoms with Gasteiger partial charge in [-0.3, -0.25) is 4.98 Å². The largest absolute Gasteiger partial charge is 0.394 e. The minimum atomic E-state index is 0.00557. The predicted octanol–water partition coefficient (Wildman–Crippen LogP) is 5.54. The summed E-state index contributed by atoms with van der Waals surface area (Å²) in [5.41, 5.74) is 3.95. The molecule has 0 saturated carbocycles. The van der Waals surface area contributed by atoms with Crippen LogP contribution in [0.3, 0.4) is 0 Å². The van der Waals surface area contributed by atoms with E-state index in [9.17, 15) is 5.11 Å². The van der Waals surface area contributed by atoms with Crippen LogP contribution in [0.5, 0.6) is 0 Å². The van der Waals surface area contributed by atoms with Crippen molar-refractivity contribution in [3.05, 3.63) is 59.1 Å². The van der Waals surface area contributed by atoms with Crippen molar-refractivity contribution in [3.63, 3.8) is 0 Å². The van der Waals surface area contributed by atoms with Gasteiger partial charge in [0.1, 0.15) is 6.33 Å². The molecule has 7 nitrogen and oxygen atoms in total. The molecule has 3 aromatic heterocycles. The van der Waals surface area contributed by atoms with E-state index in [2.05, 4.69) is 33.8 Å². The van der Waals surface area contributed by atoms with Gasteiger partial charge in [-0.25, -0.2) is 9.97 Å². The van der Waals surface area contributed by atoms with Gasteiger partial charge in [0.15, 0.2) is 5.65 Å². The van der Waals surface area contributed by atoms with E-state index in [-0.39, 0.29) is 12.6 Å². The second kappa shape index (κ2) is 10.5. The number of hydrogen-bond acceptors (Lipinski definition) is 6. The second-order valence-corrected chi connectivity index (χ2v) is 8.69. The Morgan fingerprint density at radius 1 is 1.06 bits per heavy atom. The minimum Gasteiger partial charge on any atom is -0.394 e. The van der Waals surface area contributed by atoms with E-state index in [0.29, 0.717) is 21.6 Å². The number of halogens is 2. The molecule has 4 heterocycles. The summed E-state index contributed by atoms with van der Waals surface area (Å²) in [4.78, 5) is 15.8. The molecule has 0 radical (unpaired) electrons. The lowest BCUT2D eigenvalue weighted by Crippen LogP contribution is -2.34. The second-order valence-electron chi connectivity index (χ2n) is 7.87. The first-order valence-electron chi connectivity index (χ1n) is 11.1. The monoisotopic (exact) mass is 484 g/mol. The van der Waals surface area contributed by atoms with Crippen LogP contribution >= 0.6 is 23.2 Å². The normalized spacial score (nSPS) is 15.5. The van der Waals surface area contributed by atoms with Gasteiger partial charge >= 0.3 is 0 Å². The molecule has 0 bridgehead atoms. The molecule has 33 heavy (non-hydrogen) atoms. The predicted molar refractivity (Wildman–Crippen MR) is 133 cm³/mol. The summed E-state index contributed by atoms with van der Waals surface area (Å²) in [5, 5.41) is 15.2. The maximum Gasteiger partial charge on any atom is 0.229 e. The summed E-state index contributed by atoms with van der Waals surface area (Å²) in [5.74, 6) is 0.662. The van der Waals surface area contributed by atoms with Crippen molar-refractivity contribution in [1.29, 1.82) is 0 Å². The number of pyridine rings is 1. The maximum absolute atomic E-state index is 9.85. The first-order chi connectivity index (χ1) is 16.1. The number of aliphatic hydroxyl groups excluding tert-OH is 1. The Morgan fingerprint density at radius 3 is 2.52 bits per heavy atom. The zero-order valence-corrected chi connectivity index (χ0v) is 20.1. The molecule has 1 aliphatic rings. The smallest absolute Gasteiger partial charge is 0.229 e. The summed E-state index contributed by atoms with van der Waals surface area (Å²) < 4.78 is 1.73. The van der Waals surface area contributed by atoms with Crippen molar-refractivity contribution in [3.8, 4) is 22.4 Å². The van der Waals surface area contributed by atoms with Crippen molar-refractivity contribution in [2.24, 2.45) is 0 Å². The van der Waals surface area contributed by atoms with E-state index < -0.39 is 0 Å². The molecule has 0 spiro atoms. The standard InChI is InChI=1S/C21H18Cl2N6O.C3H8/c22-16-4-3-14(10-17(16)23)18-19(13-5-7-24-8-6-13)27-21(29-20(18)25-12-26-29)28-9-1-2-15(28)11-30;1-3-2/h3-8,10,12,15,30H,1-2,9,11H2;3H2,1-2H3/t15-;/m1./s1. The van der Waals surface area contributed by atoms with Crippen LogP contribution in [0.25, 0.3) is 28.0 Å². The van der Waals surface area contributed by atoms with Gasteiger partial charge in [0.2, 0.25) is 5.95 Å². The number of hydrogen-bond donors (Lipinski definition) is 1. The lowest BCUT2D eigenvalue weighted by atomic mass is 10.0. The van der Waals surface area contributed by atoms with E-state index in [1.165, 1.54) is 12.7 Å². The molecule has 9 heteroatoms. The molecule has 1 fully saturated rings. The van der Waals surface area contributed by atoms with E-state index in [4.69, 9.17) is 28.2 Å². The van der Waals surface area contributed by atoms with Gasteiger partial charge in [0.25, 0.3) is 0 Å². The van der Waals surface area contributed by atoms with Crippen LogP contribution in [0.1, 0.15) is 33.1 Å². The Balaban J connectivity index is 0.000000821. The Bertz CT molecular complexity index is 1230. The highest BCUT2D eigenvalue weighted by Gasteiger charge is 2.29. The Kier molecular flexibility index (Phi) is 7.42. The fraction of sp³-hybridized carbons (Fsp3) is 0.333. The summed E-state index contributed by atoms with van der Waals surface area (Å²) in [7, 11) is 0. The lowest BCUT2D eigenvalue weighted by Gasteiger charge is -2.25. The Hall–Kier alpha value is -2.74. The highest BCUT2D eigenvalue weighted by Crippen LogP contribution is 2.38. The SMILES string of the molecule is CCC.OC[C@H]1CCCN1c1nc(-c2ccncc2)c(-c2ccc(Cl)c(Cl)c2)c2ncnn12. The van der Waals surface area contributed by atoms with Crippen molar-refractivity contribution in [2.45, 2.75) is 39.2 Å². The molecule has 1 atom stereocenters. The Morgan fingerprint density at radius 2 is 1.82 bits per heavy atom. The molecule has 1 saturated heterocycles. The van der Waals surface area contributed by atoms with Crippen molar-refractivity contribution in [2.75, 3.05) is 18.1 Å². The van der Waals surface area contributed by atoms with Gasteiger partial charge in [-0.1, -0.05) is 49.5 Å². The molecule has 0 amide bonds. The average Bonchev–Trinajstić information content (AvgIpc) is 3.51. The van der Waals surface area contributed by atoms with Crippen LogP contribution in [0.4, 0.5) is 5.95 Å². The molecule has 1 N–H and O–H groups in total. The quantitative estimate of drug-likeness (QED) is 0.409. The van der Waals surface area contributed by atoms with Crippen molar-refractivity contribution in [1.82, 2.24) is 24.6 Å². The fourth-order valence-electron chi connectivity index (χ4n) is 3.98. The summed E-state index contributed by atoms with van der Waals surface area (Å²) in [6.45, 7) is 5.12. The molecule has 1 aromatic carbocycles. The molecule has 1 aliphatic heterocycles. The zero-order chi connectivity index (χ0) is 23.4. The minimum absolute atomic E-state index is 0.00557. The van der Waals surface area contributed by atoms with E-state index in [1.54, 1.807) is 23.0 Å². The Labute approximate surface area is 203 Å². The van der Waals surface area contributed by atoms with E-state index in [0.717, 1.165) is 41.8 Å². The van der Waals surface area contributed by atoms with E-state index >= 15 is 0 Å². The number of benzene rings is 1. The fourth-order valence-corrected chi connectivity index (χ4v) is 4.28. The molecular weight excluding hydrogens is 459 g/mol. The third kappa shape index (κ3) is 4.67. The zero-order valence-electron chi connectivity index (χ0n) is 18.6. The molecule has 0 aliphatic carbocycles. The summed E-state index contributed by atoms with van der Waals surface area (Å²) in [6, 6.07) is 9.30. The van der Waals surface area contributed by atoms with Gasteiger partial charge in [0, 0.05) is 24.5 Å². The lowest BCUT2D eigenvalue weighted by molar-refractivity contribution is 0.265. The molecule has 172 valence electrons. The van der Waals surface area contributed by atoms with E-state index in [1.807, 2.05) is 24.3 Å². The first-order valence-corrected chi connectivity index (χ1v) is 11.8. The summed E-state index contributed by atoms with van der Waals surface area (Å²) >= 11 is 12.5. The van der Waals surface area contributed by atoms with Crippen LogP contribution in [0, 0.1) is 0 Å². The molecule has 4 aromatic rings. The number of nitrogens with zero attached hydrogens (tertiary/aromatic N) is 6. The molecular formula is C24H26Cl2N6O. The van der Waals surface area contributed by atoms with Crippen LogP contribution in [-0.4, -0.2) is 48.9 Å². The van der Waals surface area contributed by atoms with Crippen LogP contribution < -0.4 is 4.90 Å². The van der Waals surface area contributed by atoms with Crippen LogP contribution in [0.15, 0.2) is 49.1 Å². The highest BCUT2D eigenvalue weighted by molar-refractivity contribution is 6.42. The third-order valence-electron chi connectivity index (χ3n) is 5.42. The van der Waals surface area contributed by atoms with Crippen LogP contribution in [0.2, 0.25) is 10.0 Å². The maximum atomic E-state index is 9.85. The van der Waals surface area contributed by atoms with Gasteiger partial charge in [-0.05, 0) is 42.7 Å². The highest BCUT2D eigenvalue weighted by atomic mass is 35.5. The number of aromatic nitrogens is 5. The number of fused-ring (bicyclic) bond motifs is 1. The number of anilines is 1. The van der Waals surface area contributed by atoms with Gasteiger partial charge in [-0.15, -0.1) is 0 Å². The summed E-state index contributed by atoms with van der Waals surface area (Å²) in [6.07, 6.45) is 8.13. The molecule has 0 unspecified atom stereocenters. The average molecular weight is 485 g/mol.